The van der Waals surface area contributed by atoms with Crippen molar-refractivity contribution in [1.82, 2.24) is 5.32 Å². The summed E-state index contributed by atoms with van der Waals surface area (Å²) in [4.78, 5) is 22.1. The highest BCUT2D eigenvalue weighted by atomic mass is 79.9. The maximum absolute atomic E-state index is 12.2. The van der Waals surface area contributed by atoms with Gasteiger partial charge in [0.25, 0.3) is 0 Å². The van der Waals surface area contributed by atoms with E-state index < -0.39 is 23.7 Å². The Morgan fingerprint density at radius 3 is 2.92 bits per heavy atom. The molecule has 1 aromatic carbocycles. The fraction of sp³-hybridized carbons (Fsp3) is 0.231. The molecule has 1 aromatic rings. The van der Waals surface area contributed by atoms with E-state index in [4.69, 9.17) is 5.11 Å². The molecule has 7 nitrogen and oxygen atoms in total. The third kappa shape index (κ3) is 5.27. The summed E-state index contributed by atoms with van der Waals surface area (Å²) in [7, 11) is 0. The Balaban J connectivity index is 2.00. The van der Waals surface area contributed by atoms with Crippen LogP contribution in [0.3, 0.4) is 0 Å². The van der Waals surface area contributed by atoms with Crippen molar-refractivity contribution < 1.29 is 28.2 Å². The second kappa shape index (κ2) is 8.20. The zero-order valence-corrected chi connectivity index (χ0v) is 14.2. The number of carboxylic acids is 1. The molecule has 2 N–H and O–H groups in total. The van der Waals surface area contributed by atoms with Gasteiger partial charge in [0.2, 0.25) is 5.91 Å². The number of alkyl halides is 2. The molecular weight excluding hydrogens is 412 g/mol. The molecule has 1 atom stereocenters. The van der Waals surface area contributed by atoms with Crippen molar-refractivity contribution in [1.29, 1.82) is 0 Å². The minimum Gasteiger partial charge on any atom is -0.481 e. The van der Waals surface area contributed by atoms with Crippen molar-refractivity contribution >= 4 is 51.0 Å². The predicted octanol–water partition coefficient (Wildman–Crippen LogP) is 2.45. The van der Waals surface area contributed by atoms with E-state index in [1.807, 2.05) is 0 Å². The predicted molar refractivity (Wildman–Crippen MR) is 87.6 cm³/mol. The first kappa shape index (κ1) is 18.3. The standard InChI is InChI=1S/C13H10BrF2N3O4S/c14-7-3-6(1-2-8(7)23-12(15)16)5-17-19-13-18-11(22)9(24-13)4-10(20)21/h1-3,5,9,12H,4H2,(H,20,21)(H,18,19,22). The van der Waals surface area contributed by atoms with Gasteiger partial charge in [-0.3, -0.25) is 9.59 Å². The fourth-order valence-corrected chi connectivity index (χ4v) is 3.09. The van der Waals surface area contributed by atoms with Crippen molar-refractivity contribution in [3.05, 3.63) is 28.2 Å². The van der Waals surface area contributed by atoms with Crippen LogP contribution in [-0.4, -0.2) is 40.2 Å². The van der Waals surface area contributed by atoms with Gasteiger partial charge in [-0.05, 0) is 39.7 Å². The van der Waals surface area contributed by atoms with Gasteiger partial charge in [-0.1, -0.05) is 11.8 Å². The molecule has 0 spiro atoms. The molecule has 0 radical (unpaired) electrons. The minimum atomic E-state index is -2.92. The maximum atomic E-state index is 12.2. The van der Waals surface area contributed by atoms with Gasteiger partial charge >= 0.3 is 12.6 Å². The number of halogens is 3. The van der Waals surface area contributed by atoms with Crippen molar-refractivity contribution in [2.24, 2.45) is 10.2 Å². The lowest BCUT2D eigenvalue weighted by atomic mass is 10.2. The molecule has 0 aliphatic carbocycles. The third-order valence-electron chi connectivity index (χ3n) is 2.66. The molecule has 0 bridgehead atoms. The molecule has 2 rings (SSSR count). The number of carbonyl (C=O) groups excluding carboxylic acids is 1. The highest BCUT2D eigenvalue weighted by Crippen LogP contribution is 2.27. The lowest BCUT2D eigenvalue weighted by molar-refractivity contribution is -0.138. The Kier molecular flexibility index (Phi) is 6.26. The summed E-state index contributed by atoms with van der Waals surface area (Å²) in [6.45, 7) is -2.92. The van der Waals surface area contributed by atoms with E-state index in [9.17, 15) is 18.4 Å². The van der Waals surface area contributed by atoms with Crippen molar-refractivity contribution in [3.8, 4) is 5.75 Å². The van der Waals surface area contributed by atoms with Crippen LogP contribution in [0.15, 0.2) is 32.9 Å². The van der Waals surface area contributed by atoms with Gasteiger partial charge in [0.05, 0.1) is 17.1 Å². The monoisotopic (exact) mass is 421 g/mol. The Bertz CT molecular complexity index is 714. The van der Waals surface area contributed by atoms with Crippen LogP contribution in [0.25, 0.3) is 0 Å². The molecule has 24 heavy (non-hydrogen) atoms. The van der Waals surface area contributed by atoms with Crippen LogP contribution in [0.1, 0.15) is 12.0 Å². The number of amides is 1. The molecule has 1 aliphatic heterocycles. The average molecular weight is 422 g/mol. The molecule has 1 saturated heterocycles. The van der Waals surface area contributed by atoms with Crippen LogP contribution in [-0.2, 0) is 9.59 Å². The molecule has 1 fully saturated rings. The molecule has 0 aromatic heterocycles. The molecule has 128 valence electrons. The molecule has 0 saturated carbocycles. The second-order valence-corrected chi connectivity index (χ2v) is 6.46. The Hall–Kier alpha value is -2.01. The minimum absolute atomic E-state index is 0.0106. The molecule has 1 unspecified atom stereocenters. The van der Waals surface area contributed by atoms with E-state index in [-0.39, 0.29) is 17.3 Å². The Morgan fingerprint density at radius 1 is 1.54 bits per heavy atom. The van der Waals surface area contributed by atoms with Gasteiger partial charge in [0, 0.05) is 0 Å². The molecule has 1 amide bonds. The first-order chi connectivity index (χ1) is 11.3. The van der Waals surface area contributed by atoms with Crippen LogP contribution in [0.2, 0.25) is 0 Å². The van der Waals surface area contributed by atoms with Crippen molar-refractivity contribution in [2.75, 3.05) is 0 Å². The molecule has 1 heterocycles. The summed E-state index contributed by atoms with van der Waals surface area (Å²) in [6, 6.07) is 4.36. The number of nitrogens with zero attached hydrogens (tertiary/aromatic N) is 2. The quantitative estimate of drug-likeness (QED) is 0.542. The number of nitrogens with one attached hydrogen (secondary N) is 1. The fourth-order valence-electron chi connectivity index (χ4n) is 1.68. The second-order valence-electron chi connectivity index (χ2n) is 4.41. The van der Waals surface area contributed by atoms with Crippen LogP contribution in [0.4, 0.5) is 8.78 Å². The number of carbonyl (C=O) groups is 2. The van der Waals surface area contributed by atoms with Gasteiger partial charge in [0.15, 0.2) is 5.17 Å². The summed E-state index contributed by atoms with van der Waals surface area (Å²) < 4.78 is 28.9. The number of thioether (sulfide) groups is 1. The average Bonchev–Trinajstić information content (AvgIpc) is 2.81. The molecular formula is C13H10BrF2N3O4S. The summed E-state index contributed by atoms with van der Waals surface area (Å²) in [5, 5.41) is 18.1. The summed E-state index contributed by atoms with van der Waals surface area (Å²) in [6.07, 6.45) is 1.04. The summed E-state index contributed by atoms with van der Waals surface area (Å²) >= 11 is 4.08. The Morgan fingerprint density at radius 2 is 2.29 bits per heavy atom. The van der Waals surface area contributed by atoms with E-state index in [0.29, 0.717) is 10.0 Å². The van der Waals surface area contributed by atoms with E-state index in [2.05, 4.69) is 36.2 Å². The number of amidine groups is 1. The highest BCUT2D eigenvalue weighted by molar-refractivity contribution is 9.10. The number of aliphatic carboxylic acids is 1. The Labute approximate surface area is 147 Å². The third-order valence-corrected chi connectivity index (χ3v) is 4.36. The van der Waals surface area contributed by atoms with Gasteiger partial charge in [-0.25, -0.2) is 0 Å². The highest BCUT2D eigenvalue weighted by Gasteiger charge is 2.32. The summed E-state index contributed by atoms with van der Waals surface area (Å²) in [5.41, 5.74) is 0.559. The number of carboxylic acid groups (broad SMARTS) is 1. The molecule has 1 aliphatic rings. The molecule has 11 heteroatoms. The SMILES string of the molecule is O=C(O)CC1SC(=NN=Cc2ccc(OC(F)F)c(Br)c2)NC1=O. The van der Waals surface area contributed by atoms with Gasteiger partial charge < -0.3 is 15.2 Å². The topological polar surface area (TPSA) is 100 Å². The number of rotatable bonds is 6. The van der Waals surface area contributed by atoms with E-state index in [1.54, 1.807) is 0 Å². The van der Waals surface area contributed by atoms with Crippen LogP contribution in [0.5, 0.6) is 5.75 Å². The summed E-state index contributed by atoms with van der Waals surface area (Å²) in [5.74, 6) is -1.53. The zero-order chi connectivity index (χ0) is 17.7. The first-order valence-electron chi connectivity index (χ1n) is 6.40. The number of benzene rings is 1. The largest absolute Gasteiger partial charge is 0.481 e. The van der Waals surface area contributed by atoms with E-state index in [1.165, 1.54) is 24.4 Å². The van der Waals surface area contributed by atoms with Gasteiger partial charge in [0.1, 0.15) is 11.0 Å². The number of ether oxygens (including phenoxy) is 1. The van der Waals surface area contributed by atoms with Crippen molar-refractivity contribution in [2.45, 2.75) is 18.3 Å². The lowest BCUT2D eigenvalue weighted by Crippen LogP contribution is -2.26. The van der Waals surface area contributed by atoms with Crippen LogP contribution >= 0.6 is 27.7 Å². The smallest absolute Gasteiger partial charge is 0.387 e. The van der Waals surface area contributed by atoms with E-state index in [0.717, 1.165) is 11.8 Å². The van der Waals surface area contributed by atoms with Crippen LogP contribution in [0, 0.1) is 0 Å². The van der Waals surface area contributed by atoms with Crippen molar-refractivity contribution in [3.63, 3.8) is 0 Å². The van der Waals surface area contributed by atoms with Gasteiger partial charge in [-0.15, -0.1) is 5.10 Å². The lowest BCUT2D eigenvalue weighted by Gasteiger charge is -2.06. The number of hydrogen-bond donors (Lipinski definition) is 2. The zero-order valence-electron chi connectivity index (χ0n) is 11.8. The normalized spacial score (nSPS) is 19.2. The van der Waals surface area contributed by atoms with Gasteiger partial charge in [-0.2, -0.15) is 13.9 Å². The maximum Gasteiger partial charge on any atom is 0.387 e. The van der Waals surface area contributed by atoms with E-state index >= 15 is 0 Å². The number of hydrogen-bond acceptors (Lipinski definition) is 6. The van der Waals surface area contributed by atoms with Crippen LogP contribution < -0.4 is 10.1 Å². The first-order valence-corrected chi connectivity index (χ1v) is 8.07.